The molecule has 0 bridgehead atoms. The lowest BCUT2D eigenvalue weighted by Crippen LogP contribution is -2.39. The second-order valence-electron chi connectivity index (χ2n) is 5.25. The molecule has 1 saturated heterocycles. The van der Waals surface area contributed by atoms with E-state index in [0.717, 1.165) is 25.9 Å². The monoisotopic (exact) mass is 290 g/mol. The van der Waals surface area contributed by atoms with E-state index in [4.69, 9.17) is 0 Å². The number of amides is 1. The highest BCUT2D eigenvalue weighted by molar-refractivity contribution is 7.91. The third kappa shape index (κ3) is 6.38. The maximum Gasteiger partial charge on any atom is 0.223 e. The summed E-state index contributed by atoms with van der Waals surface area (Å²) in [7, 11) is -2.95. The van der Waals surface area contributed by atoms with Crippen molar-refractivity contribution in [2.24, 2.45) is 0 Å². The molecule has 1 unspecified atom stereocenters. The van der Waals surface area contributed by atoms with Crippen LogP contribution in [0.4, 0.5) is 0 Å². The fourth-order valence-electron chi connectivity index (χ4n) is 2.28. The molecule has 0 aromatic rings. The van der Waals surface area contributed by atoms with Gasteiger partial charge in [0.25, 0.3) is 0 Å². The van der Waals surface area contributed by atoms with E-state index in [9.17, 15) is 13.2 Å². The Morgan fingerprint density at radius 3 is 2.47 bits per heavy atom. The molecule has 6 heteroatoms. The summed E-state index contributed by atoms with van der Waals surface area (Å²) >= 11 is 0. The molecule has 1 aliphatic rings. The molecule has 19 heavy (non-hydrogen) atoms. The summed E-state index contributed by atoms with van der Waals surface area (Å²) in [6.45, 7) is 5.80. The van der Waals surface area contributed by atoms with E-state index in [1.807, 2.05) is 11.8 Å². The predicted octanol–water partition coefficient (Wildman–Crippen LogP) is 0.802. The fourth-order valence-corrected chi connectivity index (χ4v) is 3.40. The van der Waals surface area contributed by atoms with Crippen LogP contribution in [0.15, 0.2) is 0 Å². The van der Waals surface area contributed by atoms with Gasteiger partial charge in [0.15, 0.2) is 9.84 Å². The first-order chi connectivity index (χ1) is 8.94. The van der Waals surface area contributed by atoms with E-state index in [1.165, 1.54) is 6.42 Å². The maximum atomic E-state index is 11.9. The molecule has 0 aliphatic carbocycles. The number of nitrogens with zero attached hydrogens (tertiary/aromatic N) is 1. The molecule has 1 amide bonds. The van der Waals surface area contributed by atoms with Crippen molar-refractivity contribution in [1.29, 1.82) is 0 Å². The van der Waals surface area contributed by atoms with Gasteiger partial charge in [0.05, 0.1) is 5.75 Å². The van der Waals surface area contributed by atoms with Gasteiger partial charge in [-0.3, -0.25) is 4.79 Å². The van der Waals surface area contributed by atoms with E-state index in [-0.39, 0.29) is 23.5 Å². The van der Waals surface area contributed by atoms with Crippen LogP contribution in [0.5, 0.6) is 0 Å². The number of likely N-dealkylation sites (tertiary alicyclic amines) is 1. The number of rotatable bonds is 7. The van der Waals surface area contributed by atoms with Gasteiger partial charge in [-0.05, 0) is 26.2 Å². The summed E-state index contributed by atoms with van der Waals surface area (Å²) in [5.74, 6) is 0.491. The minimum absolute atomic E-state index is 0.0981. The first-order valence-corrected chi connectivity index (χ1v) is 8.98. The first kappa shape index (κ1) is 16.4. The number of nitrogens with one attached hydrogen (secondary N) is 1. The molecule has 1 N–H and O–H groups in total. The molecule has 1 atom stereocenters. The topological polar surface area (TPSA) is 66.5 Å². The van der Waals surface area contributed by atoms with Gasteiger partial charge in [-0.1, -0.05) is 6.92 Å². The second kappa shape index (κ2) is 7.85. The van der Waals surface area contributed by atoms with Gasteiger partial charge in [-0.2, -0.15) is 0 Å². The Bertz CT molecular complexity index is 375. The Morgan fingerprint density at radius 2 is 1.89 bits per heavy atom. The van der Waals surface area contributed by atoms with E-state index in [1.54, 1.807) is 6.92 Å². The van der Waals surface area contributed by atoms with E-state index < -0.39 is 9.84 Å². The summed E-state index contributed by atoms with van der Waals surface area (Å²) in [5, 5.41) is 3.12. The predicted molar refractivity (Wildman–Crippen MR) is 76.8 cm³/mol. The van der Waals surface area contributed by atoms with Crippen LogP contribution in [-0.4, -0.2) is 56.4 Å². The summed E-state index contributed by atoms with van der Waals surface area (Å²) in [6, 6.07) is -0.0981. The summed E-state index contributed by atoms with van der Waals surface area (Å²) in [4.78, 5) is 13.8. The van der Waals surface area contributed by atoms with Crippen molar-refractivity contribution in [3.63, 3.8) is 0 Å². The van der Waals surface area contributed by atoms with Crippen molar-refractivity contribution in [1.82, 2.24) is 10.2 Å². The lowest BCUT2D eigenvalue weighted by molar-refractivity contribution is -0.131. The normalized spacial score (nSPS) is 18.3. The maximum absolute atomic E-state index is 11.9. The van der Waals surface area contributed by atoms with Crippen molar-refractivity contribution in [2.45, 2.75) is 45.6 Å². The molecule has 112 valence electrons. The largest absolute Gasteiger partial charge is 0.343 e. The highest BCUT2D eigenvalue weighted by atomic mass is 32.2. The van der Waals surface area contributed by atoms with Crippen molar-refractivity contribution in [3.05, 3.63) is 0 Å². The van der Waals surface area contributed by atoms with Gasteiger partial charge >= 0.3 is 0 Å². The average molecular weight is 290 g/mol. The van der Waals surface area contributed by atoms with Crippen LogP contribution >= 0.6 is 0 Å². The number of carbonyl (C=O) groups is 1. The van der Waals surface area contributed by atoms with Crippen LogP contribution in [0.1, 0.15) is 39.5 Å². The molecule has 0 saturated carbocycles. The van der Waals surface area contributed by atoms with Crippen molar-refractivity contribution in [2.75, 3.05) is 31.1 Å². The number of hydrogen-bond acceptors (Lipinski definition) is 4. The lowest BCUT2D eigenvalue weighted by atomic mass is 10.1. The molecule has 1 fully saturated rings. The SMILES string of the molecule is CCS(=O)(=O)CC(C)NCCC(=O)N1CCCCC1. The van der Waals surface area contributed by atoms with Crippen molar-refractivity contribution >= 4 is 15.7 Å². The van der Waals surface area contributed by atoms with E-state index in [0.29, 0.717) is 13.0 Å². The first-order valence-electron chi connectivity index (χ1n) is 7.16. The molecule has 5 nitrogen and oxygen atoms in total. The van der Waals surface area contributed by atoms with Crippen LogP contribution < -0.4 is 5.32 Å². The zero-order valence-corrected chi connectivity index (χ0v) is 12.8. The zero-order chi connectivity index (χ0) is 14.3. The second-order valence-corrected chi connectivity index (χ2v) is 7.64. The lowest BCUT2D eigenvalue weighted by Gasteiger charge is -2.27. The van der Waals surface area contributed by atoms with Crippen LogP contribution in [-0.2, 0) is 14.6 Å². The Hall–Kier alpha value is -0.620. The molecule has 1 rings (SSSR count). The smallest absolute Gasteiger partial charge is 0.223 e. The van der Waals surface area contributed by atoms with Gasteiger partial charge in [0, 0.05) is 37.8 Å². The van der Waals surface area contributed by atoms with Gasteiger partial charge in [0.2, 0.25) is 5.91 Å². The Kier molecular flexibility index (Phi) is 6.79. The molecule has 1 heterocycles. The average Bonchev–Trinajstić information content (AvgIpc) is 2.39. The quantitative estimate of drug-likeness (QED) is 0.753. The third-order valence-electron chi connectivity index (χ3n) is 3.48. The molecule has 0 aromatic carbocycles. The van der Waals surface area contributed by atoms with Crippen LogP contribution in [0, 0.1) is 0 Å². The minimum atomic E-state index is -2.95. The number of sulfone groups is 1. The van der Waals surface area contributed by atoms with Crippen molar-refractivity contribution < 1.29 is 13.2 Å². The van der Waals surface area contributed by atoms with Crippen LogP contribution in [0.2, 0.25) is 0 Å². The number of hydrogen-bond donors (Lipinski definition) is 1. The molecular weight excluding hydrogens is 264 g/mol. The Labute approximate surface area is 116 Å². The fraction of sp³-hybridized carbons (Fsp3) is 0.923. The standard InChI is InChI=1S/C13H26N2O3S/c1-3-19(17,18)11-12(2)14-8-7-13(16)15-9-5-4-6-10-15/h12,14H,3-11H2,1-2H3. The van der Waals surface area contributed by atoms with Gasteiger partial charge in [-0.25, -0.2) is 8.42 Å². The van der Waals surface area contributed by atoms with Gasteiger partial charge < -0.3 is 10.2 Å². The summed E-state index contributed by atoms with van der Waals surface area (Å²) in [5.41, 5.74) is 0. The van der Waals surface area contributed by atoms with Crippen LogP contribution in [0.25, 0.3) is 0 Å². The number of piperidine rings is 1. The highest BCUT2D eigenvalue weighted by Gasteiger charge is 2.17. The highest BCUT2D eigenvalue weighted by Crippen LogP contribution is 2.09. The van der Waals surface area contributed by atoms with Gasteiger partial charge in [0.1, 0.15) is 0 Å². The van der Waals surface area contributed by atoms with Crippen molar-refractivity contribution in [3.8, 4) is 0 Å². The van der Waals surface area contributed by atoms with E-state index in [2.05, 4.69) is 5.32 Å². The number of carbonyl (C=O) groups excluding carboxylic acids is 1. The Morgan fingerprint density at radius 1 is 1.26 bits per heavy atom. The molecule has 1 aliphatic heterocycles. The summed E-state index contributed by atoms with van der Waals surface area (Å²) in [6.07, 6.45) is 3.87. The zero-order valence-electron chi connectivity index (χ0n) is 12.0. The van der Waals surface area contributed by atoms with Gasteiger partial charge in [-0.15, -0.1) is 0 Å². The molecule has 0 spiro atoms. The molecular formula is C13H26N2O3S. The molecule has 0 radical (unpaired) electrons. The third-order valence-corrected chi connectivity index (χ3v) is 5.37. The Balaban J connectivity index is 2.20. The van der Waals surface area contributed by atoms with E-state index >= 15 is 0 Å². The minimum Gasteiger partial charge on any atom is -0.343 e. The summed E-state index contributed by atoms with van der Waals surface area (Å²) < 4.78 is 22.9. The van der Waals surface area contributed by atoms with Crippen LogP contribution in [0.3, 0.4) is 0 Å². The molecule has 0 aromatic heterocycles.